The van der Waals surface area contributed by atoms with Crippen molar-refractivity contribution in [2.45, 2.75) is 38.6 Å². The van der Waals surface area contributed by atoms with E-state index in [0.29, 0.717) is 27.8 Å². The largest absolute Gasteiger partial charge is 0.444 e. The fourth-order valence-electron chi connectivity index (χ4n) is 3.97. The van der Waals surface area contributed by atoms with Crippen LogP contribution < -0.4 is 5.32 Å². The summed E-state index contributed by atoms with van der Waals surface area (Å²) < 4.78 is 44.3. The van der Waals surface area contributed by atoms with Crippen LogP contribution in [0.1, 0.15) is 26.3 Å². The number of fused-ring (bicyclic) bond motifs is 1. The van der Waals surface area contributed by atoms with E-state index in [0.717, 1.165) is 12.1 Å². The van der Waals surface area contributed by atoms with Crippen LogP contribution in [0.4, 0.5) is 23.8 Å². The number of likely N-dealkylation sites (tertiary alicyclic amines) is 1. The second kappa shape index (κ2) is 9.06. The van der Waals surface area contributed by atoms with Crippen molar-refractivity contribution in [1.82, 2.24) is 15.1 Å². The van der Waals surface area contributed by atoms with Gasteiger partial charge in [0, 0.05) is 29.4 Å². The SMILES string of the molecule is CC(C)(C)OC(=O)N1C[C@@H](C#N)[C@H](Nc2nnc(-c3ccc(C(F)(F)F)cc3)c3ccccc23)C1. The van der Waals surface area contributed by atoms with Gasteiger partial charge in [-0.25, -0.2) is 4.79 Å². The Bertz CT molecular complexity index is 1280. The van der Waals surface area contributed by atoms with E-state index in [2.05, 4.69) is 21.6 Å². The summed E-state index contributed by atoms with van der Waals surface area (Å²) in [5.74, 6) is -0.0646. The van der Waals surface area contributed by atoms with Gasteiger partial charge in [0.1, 0.15) is 11.3 Å². The molecule has 2 aromatic carbocycles. The molecule has 1 N–H and O–H groups in total. The molecule has 1 aromatic heterocycles. The molecule has 182 valence electrons. The molecule has 7 nitrogen and oxygen atoms in total. The molecule has 0 spiro atoms. The molecule has 1 aliphatic heterocycles. The Kier molecular flexibility index (Phi) is 6.28. The molecule has 2 heterocycles. The lowest BCUT2D eigenvalue weighted by Crippen LogP contribution is -2.36. The highest BCUT2D eigenvalue weighted by molar-refractivity contribution is 6.00. The molecular formula is C25H24F3N5O2. The van der Waals surface area contributed by atoms with Crippen LogP contribution in [-0.4, -0.2) is 45.9 Å². The summed E-state index contributed by atoms with van der Waals surface area (Å²) in [6.07, 6.45) is -4.91. The van der Waals surface area contributed by atoms with Gasteiger partial charge in [0.15, 0.2) is 5.82 Å². The van der Waals surface area contributed by atoms with Crippen molar-refractivity contribution < 1.29 is 22.7 Å². The average molecular weight is 483 g/mol. The monoisotopic (exact) mass is 483 g/mol. The van der Waals surface area contributed by atoms with Gasteiger partial charge in [0.25, 0.3) is 0 Å². The number of carbonyl (C=O) groups excluding carboxylic acids is 1. The number of nitrogens with one attached hydrogen (secondary N) is 1. The highest BCUT2D eigenvalue weighted by atomic mass is 19.4. The van der Waals surface area contributed by atoms with Crippen molar-refractivity contribution in [2.75, 3.05) is 18.4 Å². The molecule has 0 radical (unpaired) electrons. The van der Waals surface area contributed by atoms with Crippen LogP contribution in [0.15, 0.2) is 48.5 Å². The van der Waals surface area contributed by atoms with E-state index in [1.54, 1.807) is 26.8 Å². The van der Waals surface area contributed by atoms with Crippen LogP contribution in [0.25, 0.3) is 22.0 Å². The van der Waals surface area contributed by atoms with E-state index < -0.39 is 35.4 Å². The third-order valence-corrected chi connectivity index (χ3v) is 5.63. The van der Waals surface area contributed by atoms with Gasteiger partial charge in [-0.3, -0.25) is 0 Å². The van der Waals surface area contributed by atoms with Gasteiger partial charge in [-0.1, -0.05) is 36.4 Å². The van der Waals surface area contributed by atoms with E-state index in [1.165, 1.54) is 17.0 Å². The fraction of sp³-hybridized carbons (Fsp3) is 0.360. The predicted octanol–water partition coefficient (Wildman–Crippen LogP) is 5.49. The molecular weight excluding hydrogens is 459 g/mol. The summed E-state index contributed by atoms with van der Waals surface area (Å²) >= 11 is 0. The second-order valence-corrected chi connectivity index (χ2v) is 9.39. The first-order chi connectivity index (χ1) is 16.5. The van der Waals surface area contributed by atoms with E-state index in [1.807, 2.05) is 18.2 Å². The number of amides is 1. The summed E-state index contributed by atoms with van der Waals surface area (Å²) in [5, 5.41) is 22.9. The lowest BCUT2D eigenvalue weighted by atomic mass is 10.0. The zero-order valence-corrected chi connectivity index (χ0v) is 19.4. The Morgan fingerprint density at radius 3 is 2.31 bits per heavy atom. The van der Waals surface area contributed by atoms with Gasteiger partial charge < -0.3 is 15.0 Å². The second-order valence-electron chi connectivity index (χ2n) is 9.39. The van der Waals surface area contributed by atoms with Gasteiger partial charge in [-0.2, -0.15) is 18.4 Å². The number of aromatic nitrogens is 2. The Morgan fingerprint density at radius 1 is 1.06 bits per heavy atom. The number of rotatable bonds is 3. The molecule has 0 unspecified atom stereocenters. The first-order valence-corrected chi connectivity index (χ1v) is 11.0. The number of hydrogen-bond donors (Lipinski definition) is 1. The molecule has 1 aliphatic rings. The number of nitrogens with zero attached hydrogens (tertiary/aromatic N) is 4. The Hall–Kier alpha value is -3.87. The van der Waals surface area contributed by atoms with Crippen LogP contribution >= 0.6 is 0 Å². The van der Waals surface area contributed by atoms with Crippen LogP contribution in [-0.2, 0) is 10.9 Å². The summed E-state index contributed by atoms with van der Waals surface area (Å²) in [5.41, 5.74) is -0.450. The number of alkyl halides is 3. The van der Waals surface area contributed by atoms with Crippen molar-refractivity contribution in [2.24, 2.45) is 5.92 Å². The van der Waals surface area contributed by atoms with Crippen molar-refractivity contribution in [3.05, 3.63) is 54.1 Å². The van der Waals surface area contributed by atoms with E-state index >= 15 is 0 Å². The molecule has 3 aromatic rings. The van der Waals surface area contributed by atoms with Gasteiger partial charge in [0.2, 0.25) is 0 Å². The molecule has 1 saturated heterocycles. The van der Waals surface area contributed by atoms with E-state index in [-0.39, 0.29) is 13.1 Å². The number of benzene rings is 2. The standard InChI is InChI=1S/C25H24F3N5O2/c1-24(2,3)35-23(34)33-13-16(12-29)20(14-33)30-22-19-7-5-4-6-18(19)21(31-32-22)15-8-10-17(11-9-15)25(26,27)28/h4-11,16,20H,13-14H2,1-3H3,(H,30,32)/t16-,20-/m1/s1. The quantitative estimate of drug-likeness (QED) is 0.530. The number of hydrogen-bond acceptors (Lipinski definition) is 6. The minimum atomic E-state index is -4.42. The molecule has 0 bridgehead atoms. The normalized spacial score (nSPS) is 18.4. The van der Waals surface area contributed by atoms with Gasteiger partial charge in [-0.15, -0.1) is 10.2 Å². The Balaban J connectivity index is 1.62. The minimum Gasteiger partial charge on any atom is -0.444 e. The average Bonchev–Trinajstić information content (AvgIpc) is 3.21. The van der Waals surface area contributed by atoms with Crippen molar-refractivity contribution >= 4 is 22.7 Å². The molecule has 35 heavy (non-hydrogen) atoms. The Morgan fingerprint density at radius 2 is 1.71 bits per heavy atom. The van der Waals surface area contributed by atoms with Crippen molar-refractivity contribution in [3.63, 3.8) is 0 Å². The molecule has 10 heteroatoms. The van der Waals surface area contributed by atoms with Gasteiger partial charge in [0.05, 0.1) is 23.6 Å². The maximum absolute atomic E-state index is 12.9. The third kappa shape index (κ3) is 5.29. The maximum atomic E-state index is 12.9. The number of anilines is 1. The highest BCUT2D eigenvalue weighted by Gasteiger charge is 2.38. The summed E-state index contributed by atoms with van der Waals surface area (Å²) in [6, 6.07) is 13.8. The smallest absolute Gasteiger partial charge is 0.416 e. The number of halogens is 3. The van der Waals surface area contributed by atoms with Crippen LogP contribution in [0.5, 0.6) is 0 Å². The topological polar surface area (TPSA) is 91.1 Å². The summed E-state index contributed by atoms with van der Waals surface area (Å²) in [6.45, 7) is 5.80. The lowest BCUT2D eigenvalue weighted by Gasteiger charge is -2.24. The van der Waals surface area contributed by atoms with E-state index in [4.69, 9.17) is 4.74 Å². The zero-order chi connectivity index (χ0) is 25.4. The lowest BCUT2D eigenvalue weighted by molar-refractivity contribution is -0.137. The van der Waals surface area contributed by atoms with Crippen LogP contribution in [0.3, 0.4) is 0 Å². The number of ether oxygens (including phenoxy) is 1. The first kappa shape index (κ1) is 24.3. The Labute approximate surface area is 200 Å². The van der Waals surface area contributed by atoms with E-state index in [9.17, 15) is 23.2 Å². The molecule has 0 aliphatic carbocycles. The first-order valence-electron chi connectivity index (χ1n) is 11.0. The number of carbonyl (C=O) groups is 1. The zero-order valence-electron chi connectivity index (χ0n) is 19.4. The third-order valence-electron chi connectivity index (χ3n) is 5.63. The number of nitriles is 1. The fourth-order valence-corrected chi connectivity index (χ4v) is 3.97. The van der Waals surface area contributed by atoms with Crippen LogP contribution in [0, 0.1) is 17.2 Å². The predicted molar refractivity (Wildman–Crippen MR) is 124 cm³/mol. The van der Waals surface area contributed by atoms with Crippen molar-refractivity contribution in [1.29, 1.82) is 5.26 Å². The molecule has 1 amide bonds. The van der Waals surface area contributed by atoms with Gasteiger partial charge >= 0.3 is 12.3 Å². The van der Waals surface area contributed by atoms with Crippen molar-refractivity contribution in [3.8, 4) is 17.3 Å². The molecule has 2 atom stereocenters. The van der Waals surface area contributed by atoms with Crippen LogP contribution in [0.2, 0.25) is 0 Å². The minimum absolute atomic E-state index is 0.220. The molecule has 1 fully saturated rings. The summed E-state index contributed by atoms with van der Waals surface area (Å²) in [7, 11) is 0. The van der Waals surface area contributed by atoms with Gasteiger partial charge in [-0.05, 0) is 32.9 Å². The summed E-state index contributed by atoms with van der Waals surface area (Å²) in [4.78, 5) is 14.0. The highest BCUT2D eigenvalue weighted by Crippen LogP contribution is 2.34. The maximum Gasteiger partial charge on any atom is 0.416 e. The molecule has 0 saturated carbocycles. The molecule has 4 rings (SSSR count).